The molecule has 0 spiro atoms. The minimum absolute atomic E-state index is 0.0454. The summed E-state index contributed by atoms with van der Waals surface area (Å²) in [5, 5.41) is 10.3. The monoisotopic (exact) mass is 418 g/mol. The second kappa shape index (κ2) is 7.65. The SMILES string of the molecule is CC[C@@H]1CSC2=N[C@@H](c3ccccn3)[C@@H](c3cccn3-c3ccc(C(=O)O)cc3)N21. The Morgan fingerprint density at radius 1 is 1.17 bits per heavy atom. The number of thioether (sulfide) groups is 1. The van der Waals surface area contributed by atoms with Gasteiger partial charge in [-0.15, -0.1) is 0 Å². The number of hydrogen-bond donors (Lipinski definition) is 1. The van der Waals surface area contributed by atoms with Gasteiger partial charge in [-0.2, -0.15) is 0 Å². The normalized spacial score (nSPS) is 22.8. The van der Waals surface area contributed by atoms with E-state index in [1.165, 1.54) is 0 Å². The van der Waals surface area contributed by atoms with E-state index in [1.54, 1.807) is 12.1 Å². The van der Waals surface area contributed by atoms with Gasteiger partial charge in [-0.25, -0.2) is 4.79 Å². The highest BCUT2D eigenvalue weighted by Gasteiger charge is 2.46. The number of nitrogens with zero attached hydrogens (tertiary/aromatic N) is 4. The van der Waals surface area contributed by atoms with Crippen LogP contribution in [-0.2, 0) is 0 Å². The number of aliphatic imine (C=N–C) groups is 1. The Bertz CT molecular complexity index is 1090. The molecule has 0 unspecified atom stereocenters. The van der Waals surface area contributed by atoms with E-state index < -0.39 is 5.97 Å². The minimum atomic E-state index is -0.918. The highest BCUT2D eigenvalue weighted by Crippen LogP contribution is 2.48. The number of amidine groups is 1. The van der Waals surface area contributed by atoms with Crippen molar-refractivity contribution in [3.05, 3.63) is 83.9 Å². The van der Waals surface area contributed by atoms with Crippen LogP contribution in [0.4, 0.5) is 0 Å². The van der Waals surface area contributed by atoms with Crippen LogP contribution >= 0.6 is 11.8 Å². The van der Waals surface area contributed by atoms with Crippen molar-refractivity contribution < 1.29 is 9.90 Å². The molecule has 2 aromatic heterocycles. The molecule has 1 aromatic carbocycles. The van der Waals surface area contributed by atoms with Crippen LogP contribution in [0.1, 0.15) is 47.2 Å². The van der Waals surface area contributed by atoms with Crippen molar-refractivity contribution in [2.45, 2.75) is 31.5 Å². The van der Waals surface area contributed by atoms with E-state index in [2.05, 4.69) is 27.4 Å². The summed E-state index contributed by atoms with van der Waals surface area (Å²) in [6.45, 7) is 2.23. The molecule has 2 aliphatic rings. The van der Waals surface area contributed by atoms with Crippen LogP contribution in [0.3, 0.4) is 0 Å². The Labute approximate surface area is 179 Å². The smallest absolute Gasteiger partial charge is 0.335 e. The fourth-order valence-corrected chi connectivity index (χ4v) is 5.64. The van der Waals surface area contributed by atoms with Gasteiger partial charge in [-0.1, -0.05) is 24.8 Å². The van der Waals surface area contributed by atoms with Gasteiger partial charge in [-0.05, 0) is 55.0 Å². The molecule has 7 heteroatoms. The largest absolute Gasteiger partial charge is 0.478 e. The molecule has 3 aromatic rings. The maximum absolute atomic E-state index is 11.2. The molecule has 5 rings (SSSR count). The van der Waals surface area contributed by atoms with Gasteiger partial charge < -0.3 is 14.6 Å². The molecule has 0 radical (unpaired) electrons. The zero-order chi connectivity index (χ0) is 20.7. The first kappa shape index (κ1) is 18.9. The molecule has 1 fully saturated rings. The number of aromatic carboxylic acids is 1. The van der Waals surface area contributed by atoms with E-state index in [1.807, 2.05) is 60.6 Å². The lowest BCUT2D eigenvalue weighted by molar-refractivity contribution is 0.0697. The predicted molar refractivity (Wildman–Crippen MR) is 118 cm³/mol. The van der Waals surface area contributed by atoms with Crippen molar-refractivity contribution in [1.29, 1.82) is 0 Å². The van der Waals surface area contributed by atoms with Crippen LogP contribution in [-0.4, -0.2) is 42.5 Å². The third-order valence-electron chi connectivity index (χ3n) is 5.81. The maximum Gasteiger partial charge on any atom is 0.335 e. The van der Waals surface area contributed by atoms with Crippen molar-refractivity contribution in [1.82, 2.24) is 14.5 Å². The summed E-state index contributed by atoms with van der Waals surface area (Å²) in [4.78, 5) is 23.4. The fourth-order valence-electron chi connectivity index (χ4n) is 4.31. The Morgan fingerprint density at radius 3 is 2.70 bits per heavy atom. The number of hydrogen-bond acceptors (Lipinski definition) is 5. The molecular weight excluding hydrogens is 396 g/mol. The second-order valence-electron chi connectivity index (χ2n) is 7.49. The molecule has 1 saturated heterocycles. The molecule has 0 aliphatic carbocycles. The fraction of sp³-hybridized carbons (Fsp3) is 0.261. The summed E-state index contributed by atoms with van der Waals surface area (Å²) in [7, 11) is 0. The number of rotatable bonds is 5. The molecule has 0 amide bonds. The third-order valence-corrected chi connectivity index (χ3v) is 6.93. The first-order chi connectivity index (χ1) is 14.7. The van der Waals surface area contributed by atoms with Gasteiger partial charge >= 0.3 is 5.97 Å². The molecule has 1 N–H and O–H groups in total. The zero-order valence-electron chi connectivity index (χ0n) is 16.5. The number of carbonyl (C=O) groups is 1. The van der Waals surface area contributed by atoms with Crippen molar-refractivity contribution in [2.75, 3.05) is 5.75 Å². The van der Waals surface area contributed by atoms with Gasteiger partial charge in [0, 0.05) is 35.6 Å². The average molecular weight is 419 g/mol. The van der Waals surface area contributed by atoms with Crippen LogP contribution < -0.4 is 0 Å². The standard InChI is InChI=1S/C23H22N4O2S/c1-2-16-14-30-23-25-20(18-6-3-4-12-24-18)21(27(16)23)19-7-5-13-26(19)17-10-8-15(9-11-17)22(28)29/h3-13,16,20-21H,2,14H2,1H3,(H,28,29)/t16-,20+,21-/m1/s1. The van der Waals surface area contributed by atoms with Crippen molar-refractivity contribution in [3.8, 4) is 5.69 Å². The lowest BCUT2D eigenvalue weighted by Crippen LogP contribution is -2.36. The van der Waals surface area contributed by atoms with Crippen LogP contribution in [0.5, 0.6) is 0 Å². The van der Waals surface area contributed by atoms with Gasteiger partial charge in [0.05, 0.1) is 11.3 Å². The molecule has 152 valence electrons. The number of benzene rings is 1. The van der Waals surface area contributed by atoms with E-state index >= 15 is 0 Å². The topological polar surface area (TPSA) is 70.7 Å². The molecule has 0 bridgehead atoms. The van der Waals surface area contributed by atoms with Gasteiger partial charge in [-0.3, -0.25) is 9.98 Å². The summed E-state index contributed by atoms with van der Waals surface area (Å²) in [5.74, 6) is 0.132. The van der Waals surface area contributed by atoms with Gasteiger partial charge in [0.1, 0.15) is 12.1 Å². The van der Waals surface area contributed by atoms with Crippen molar-refractivity contribution in [2.24, 2.45) is 4.99 Å². The number of pyridine rings is 1. The molecule has 3 atom stereocenters. The maximum atomic E-state index is 11.2. The molecule has 2 aliphatic heterocycles. The highest BCUT2D eigenvalue weighted by atomic mass is 32.2. The average Bonchev–Trinajstić information content (AvgIpc) is 3.49. The van der Waals surface area contributed by atoms with E-state index in [0.29, 0.717) is 6.04 Å². The van der Waals surface area contributed by atoms with E-state index in [4.69, 9.17) is 4.99 Å². The second-order valence-corrected chi connectivity index (χ2v) is 8.48. The molecule has 6 nitrogen and oxygen atoms in total. The Balaban J connectivity index is 1.59. The third kappa shape index (κ3) is 3.10. The van der Waals surface area contributed by atoms with Crippen molar-refractivity contribution in [3.63, 3.8) is 0 Å². The minimum Gasteiger partial charge on any atom is -0.478 e. The van der Waals surface area contributed by atoms with Crippen LogP contribution in [0.15, 0.2) is 72.0 Å². The molecule has 4 heterocycles. The first-order valence-electron chi connectivity index (χ1n) is 10.1. The zero-order valence-corrected chi connectivity index (χ0v) is 17.4. The van der Waals surface area contributed by atoms with Gasteiger partial charge in [0.15, 0.2) is 5.17 Å². The Kier molecular flexibility index (Phi) is 4.83. The quantitative estimate of drug-likeness (QED) is 0.658. The molecule has 0 saturated carbocycles. The first-order valence-corrected chi connectivity index (χ1v) is 11.1. The summed E-state index contributed by atoms with van der Waals surface area (Å²) in [5.41, 5.74) is 3.32. The van der Waals surface area contributed by atoms with E-state index in [9.17, 15) is 9.90 Å². The summed E-state index contributed by atoms with van der Waals surface area (Å²) in [6.07, 6.45) is 4.92. The van der Waals surface area contributed by atoms with Crippen molar-refractivity contribution >= 4 is 22.9 Å². The lowest BCUT2D eigenvalue weighted by Gasteiger charge is -2.32. The summed E-state index contributed by atoms with van der Waals surface area (Å²) in [6, 6.07) is 17.6. The number of carboxylic acid groups (broad SMARTS) is 1. The Morgan fingerprint density at radius 2 is 2.00 bits per heavy atom. The predicted octanol–water partition coefficient (Wildman–Crippen LogP) is 4.55. The molecular formula is C23H22N4O2S. The van der Waals surface area contributed by atoms with Gasteiger partial charge in [0.2, 0.25) is 0 Å². The number of fused-ring (bicyclic) bond motifs is 1. The summed E-state index contributed by atoms with van der Waals surface area (Å²) < 4.78 is 2.14. The van der Waals surface area contributed by atoms with Gasteiger partial charge in [0.25, 0.3) is 0 Å². The number of carboxylic acids is 1. The number of aromatic nitrogens is 2. The van der Waals surface area contributed by atoms with Crippen LogP contribution in [0.2, 0.25) is 0 Å². The lowest BCUT2D eigenvalue weighted by atomic mass is 9.99. The van der Waals surface area contributed by atoms with E-state index in [0.717, 1.165) is 34.4 Å². The van der Waals surface area contributed by atoms with Crippen LogP contribution in [0.25, 0.3) is 5.69 Å². The van der Waals surface area contributed by atoms with Crippen LogP contribution in [0, 0.1) is 0 Å². The Hall–Kier alpha value is -3.06. The van der Waals surface area contributed by atoms with E-state index in [-0.39, 0.29) is 17.6 Å². The summed E-state index contributed by atoms with van der Waals surface area (Å²) >= 11 is 1.83. The molecule has 30 heavy (non-hydrogen) atoms. The highest BCUT2D eigenvalue weighted by molar-refractivity contribution is 8.14.